The highest BCUT2D eigenvalue weighted by Gasteiger charge is 2.19. The van der Waals surface area contributed by atoms with Gasteiger partial charge in [-0.1, -0.05) is 6.07 Å². The molecule has 0 bridgehead atoms. The minimum Gasteiger partial charge on any atom is -0.508 e. The van der Waals surface area contributed by atoms with E-state index in [1.54, 1.807) is 24.3 Å². The number of piperidine rings is 1. The number of ether oxygens (including phenoxy) is 1. The highest BCUT2D eigenvalue weighted by molar-refractivity contribution is 5.85. The van der Waals surface area contributed by atoms with E-state index in [0.29, 0.717) is 6.61 Å². The van der Waals surface area contributed by atoms with Crippen LogP contribution < -0.4 is 4.74 Å². The van der Waals surface area contributed by atoms with Gasteiger partial charge in [0.15, 0.2) is 0 Å². The lowest BCUT2D eigenvalue weighted by Gasteiger charge is -2.31. The molecule has 1 aromatic carbocycles. The molecular formula is C19H26Cl2N2O2. The molecule has 0 atom stereocenters. The van der Waals surface area contributed by atoms with Crippen LogP contribution in [0.4, 0.5) is 0 Å². The Labute approximate surface area is 162 Å². The van der Waals surface area contributed by atoms with Crippen molar-refractivity contribution in [2.45, 2.75) is 19.3 Å². The molecule has 0 amide bonds. The van der Waals surface area contributed by atoms with Gasteiger partial charge in [-0.3, -0.25) is 9.88 Å². The van der Waals surface area contributed by atoms with Crippen molar-refractivity contribution in [1.82, 2.24) is 9.88 Å². The van der Waals surface area contributed by atoms with Gasteiger partial charge in [0.2, 0.25) is 0 Å². The second-order valence-corrected chi connectivity index (χ2v) is 6.15. The fraction of sp³-hybridized carbons (Fsp3) is 0.421. The number of phenols is 1. The van der Waals surface area contributed by atoms with Crippen molar-refractivity contribution >= 4 is 24.8 Å². The predicted molar refractivity (Wildman–Crippen MR) is 105 cm³/mol. The minimum atomic E-state index is 0. The van der Waals surface area contributed by atoms with E-state index in [4.69, 9.17) is 4.74 Å². The monoisotopic (exact) mass is 384 g/mol. The van der Waals surface area contributed by atoms with Crippen LogP contribution in [-0.4, -0.2) is 41.2 Å². The van der Waals surface area contributed by atoms with Gasteiger partial charge in [-0.05, 0) is 74.7 Å². The van der Waals surface area contributed by atoms with Crippen LogP contribution in [0.5, 0.6) is 11.5 Å². The van der Waals surface area contributed by atoms with Crippen LogP contribution in [-0.2, 0) is 6.42 Å². The zero-order valence-electron chi connectivity index (χ0n) is 14.2. The number of aromatic hydroxyl groups is 1. The van der Waals surface area contributed by atoms with Crippen molar-refractivity contribution in [3.05, 3.63) is 54.4 Å². The van der Waals surface area contributed by atoms with Crippen molar-refractivity contribution in [3.63, 3.8) is 0 Å². The number of rotatable bonds is 6. The molecule has 0 aliphatic carbocycles. The maximum Gasteiger partial charge on any atom is 0.119 e. The maximum atomic E-state index is 9.25. The number of benzene rings is 1. The second kappa shape index (κ2) is 11.2. The first kappa shape index (κ1) is 21.6. The molecule has 1 aliphatic rings. The van der Waals surface area contributed by atoms with Crippen LogP contribution in [0, 0.1) is 5.92 Å². The first-order valence-corrected chi connectivity index (χ1v) is 8.34. The molecule has 0 saturated carbocycles. The van der Waals surface area contributed by atoms with Crippen LogP contribution >= 0.6 is 24.8 Å². The lowest BCUT2D eigenvalue weighted by Crippen LogP contribution is -2.37. The number of nitrogens with zero attached hydrogens (tertiary/aromatic N) is 2. The summed E-state index contributed by atoms with van der Waals surface area (Å²) < 4.78 is 5.72. The third kappa shape index (κ3) is 7.10. The van der Waals surface area contributed by atoms with Gasteiger partial charge in [-0.25, -0.2) is 0 Å². The van der Waals surface area contributed by atoms with Gasteiger partial charge in [0.05, 0.1) is 0 Å². The van der Waals surface area contributed by atoms with Crippen LogP contribution in [0.3, 0.4) is 0 Å². The van der Waals surface area contributed by atoms with E-state index in [-0.39, 0.29) is 30.6 Å². The SMILES string of the molecule is Cl.Cl.Oc1ccc(OCCN2CCC(Cc3ccccn3)CC2)cc1. The summed E-state index contributed by atoms with van der Waals surface area (Å²) >= 11 is 0. The Morgan fingerprint density at radius 1 is 1.04 bits per heavy atom. The van der Waals surface area contributed by atoms with Gasteiger partial charge in [0.1, 0.15) is 18.1 Å². The molecule has 0 spiro atoms. The van der Waals surface area contributed by atoms with E-state index in [1.807, 2.05) is 12.3 Å². The lowest BCUT2D eigenvalue weighted by atomic mass is 9.92. The number of halogens is 2. The molecule has 4 nitrogen and oxygen atoms in total. The summed E-state index contributed by atoms with van der Waals surface area (Å²) in [5.41, 5.74) is 1.21. The third-order valence-corrected chi connectivity index (χ3v) is 4.44. The summed E-state index contributed by atoms with van der Waals surface area (Å²) in [5, 5.41) is 9.25. The lowest BCUT2D eigenvalue weighted by molar-refractivity contribution is 0.154. The van der Waals surface area contributed by atoms with Gasteiger partial charge in [0.25, 0.3) is 0 Å². The largest absolute Gasteiger partial charge is 0.508 e. The minimum absolute atomic E-state index is 0. The quantitative estimate of drug-likeness (QED) is 0.818. The first-order chi connectivity index (χ1) is 11.3. The average molecular weight is 385 g/mol. The fourth-order valence-electron chi connectivity index (χ4n) is 3.06. The molecule has 6 heteroatoms. The van der Waals surface area contributed by atoms with Gasteiger partial charge >= 0.3 is 0 Å². The Kier molecular flexibility index (Phi) is 9.65. The Morgan fingerprint density at radius 3 is 2.40 bits per heavy atom. The van der Waals surface area contributed by atoms with Gasteiger partial charge in [-0.15, -0.1) is 24.8 Å². The summed E-state index contributed by atoms with van der Waals surface area (Å²) in [7, 11) is 0. The summed E-state index contributed by atoms with van der Waals surface area (Å²) in [6.45, 7) is 3.92. The number of phenolic OH excluding ortho intramolecular Hbond substituents is 1. The summed E-state index contributed by atoms with van der Waals surface area (Å²) in [6.07, 6.45) is 5.44. The number of pyridine rings is 1. The highest BCUT2D eigenvalue weighted by Crippen LogP contribution is 2.21. The number of hydrogen-bond acceptors (Lipinski definition) is 4. The van der Waals surface area contributed by atoms with Crippen molar-refractivity contribution in [2.24, 2.45) is 5.92 Å². The Balaban J connectivity index is 0.00000156. The van der Waals surface area contributed by atoms with E-state index >= 15 is 0 Å². The molecule has 2 heterocycles. The Morgan fingerprint density at radius 2 is 1.76 bits per heavy atom. The molecule has 0 unspecified atom stereocenters. The van der Waals surface area contributed by atoms with E-state index in [2.05, 4.69) is 22.0 Å². The molecule has 1 saturated heterocycles. The number of likely N-dealkylation sites (tertiary alicyclic amines) is 1. The van der Waals surface area contributed by atoms with Gasteiger partial charge in [-0.2, -0.15) is 0 Å². The van der Waals surface area contributed by atoms with E-state index < -0.39 is 0 Å². The van der Waals surface area contributed by atoms with Crippen LogP contribution in [0.15, 0.2) is 48.7 Å². The fourth-order valence-corrected chi connectivity index (χ4v) is 3.06. The van der Waals surface area contributed by atoms with E-state index in [9.17, 15) is 5.11 Å². The molecule has 1 aliphatic heterocycles. The van der Waals surface area contributed by atoms with E-state index in [0.717, 1.165) is 37.7 Å². The van der Waals surface area contributed by atoms with Crippen molar-refractivity contribution in [2.75, 3.05) is 26.2 Å². The van der Waals surface area contributed by atoms with Gasteiger partial charge < -0.3 is 9.84 Å². The second-order valence-electron chi connectivity index (χ2n) is 6.15. The molecule has 1 fully saturated rings. The summed E-state index contributed by atoms with van der Waals surface area (Å²) in [4.78, 5) is 6.90. The predicted octanol–water partition coefficient (Wildman–Crippen LogP) is 3.96. The molecule has 1 aromatic heterocycles. The zero-order valence-corrected chi connectivity index (χ0v) is 15.8. The smallest absolute Gasteiger partial charge is 0.119 e. The molecule has 0 radical (unpaired) electrons. The van der Waals surface area contributed by atoms with Gasteiger partial charge in [0, 0.05) is 18.4 Å². The maximum absolute atomic E-state index is 9.25. The standard InChI is InChI=1S/C19H24N2O2.2ClH/c22-18-4-6-19(7-5-18)23-14-13-21-11-8-16(9-12-21)15-17-3-1-2-10-20-17;;/h1-7,10,16,22H,8-9,11-15H2;2*1H. The van der Waals surface area contributed by atoms with E-state index in [1.165, 1.54) is 18.5 Å². The zero-order chi connectivity index (χ0) is 15.9. The van der Waals surface area contributed by atoms with Crippen LogP contribution in [0.25, 0.3) is 0 Å². The molecule has 25 heavy (non-hydrogen) atoms. The Bertz CT molecular complexity index is 588. The molecule has 2 aromatic rings. The first-order valence-electron chi connectivity index (χ1n) is 8.34. The normalized spacial score (nSPS) is 15.0. The Hall–Kier alpha value is -1.49. The van der Waals surface area contributed by atoms with Crippen LogP contribution in [0.1, 0.15) is 18.5 Å². The van der Waals surface area contributed by atoms with Crippen molar-refractivity contribution in [3.8, 4) is 11.5 Å². The summed E-state index contributed by atoms with van der Waals surface area (Å²) in [5.74, 6) is 1.83. The topological polar surface area (TPSA) is 45.6 Å². The highest BCUT2D eigenvalue weighted by atomic mass is 35.5. The average Bonchev–Trinajstić information content (AvgIpc) is 2.59. The molecule has 1 N–H and O–H groups in total. The molecular weight excluding hydrogens is 359 g/mol. The summed E-state index contributed by atoms with van der Waals surface area (Å²) in [6, 6.07) is 13.1. The molecule has 3 rings (SSSR count). The number of hydrogen-bond donors (Lipinski definition) is 1. The third-order valence-electron chi connectivity index (χ3n) is 4.44. The molecule has 138 valence electrons. The number of aromatic nitrogens is 1. The van der Waals surface area contributed by atoms with Crippen LogP contribution in [0.2, 0.25) is 0 Å². The van der Waals surface area contributed by atoms with Crippen molar-refractivity contribution in [1.29, 1.82) is 0 Å². The van der Waals surface area contributed by atoms with Crippen molar-refractivity contribution < 1.29 is 9.84 Å².